The summed E-state index contributed by atoms with van der Waals surface area (Å²) in [7, 11) is 1.68. The highest BCUT2D eigenvalue weighted by molar-refractivity contribution is 9.10. The number of piperidine rings is 1. The molecule has 1 saturated heterocycles. The summed E-state index contributed by atoms with van der Waals surface area (Å²) < 4.78 is 41.6. The van der Waals surface area contributed by atoms with Gasteiger partial charge in [-0.25, -0.2) is 4.98 Å². The number of alkyl halides is 3. The molecular weight excluding hydrogens is 415 g/mol. The maximum absolute atomic E-state index is 13.3. The van der Waals surface area contributed by atoms with Crippen LogP contribution in [0.1, 0.15) is 28.9 Å². The number of nitrogens with zero attached hydrogens (tertiary/aromatic N) is 4. The predicted octanol–water partition coefficient (Wildman–Crippen LogP) is 3.00. The SMILES string of the molecule is Cn1nccc1C(=O)NC1CCN(c2ncc(Br)cc2C(F)(F)F)CC1. The summed E-state index contributed by atoms with van der Waals surface area (Å²) in [4.78, 5) is 17.8. The molecule has 0 aliphatic carbocycles. The summed E-state index contributed by atoms with van der Waals surface area (Å²) >= 11 is 3.04. The molecule has 1 amide bonds. The highest BCUT2D eigenvalue weighted by atomic mass is 79.9. The largest absolute Gasteiger partial charge is 0.419 e. The van der Waals surface area contributed by atoms with Crippen molar-refractivity contribution < 1.29 is 18.0 Å². The summed E-state index contributed by atoms with van der Waals surface area (Å²) in [6.07, 6.45) is -0.496. The molecular formula is C16H17BrF3N5O. The number of anilines is 1. The monoisotopic (exact) mass is 431 g/mol. The van der Waals surface area contributed by atoms with Crippen molar-refractivity contribution in [2.24, 2.45) is 7.05 Å². The first kappa shape index (κ1) is 18.7. The molecule has 10 heteroatoms. The number of carbonyl (C=O) groups is 1. The van der Waals surface area contributed by atoms with E-state index in [1.807, 2.05) is 0 Å². The van der Waals surface area contributed by atoms with Crippen molar-refractivity contribution in [2.75, 3.05) is 18.0 Å². The fourth-order valence-corrected chi connectivity index (χ4v) is 3.32. The van der Waals surface area contributed by atoms with Crippen LogP contribution in [-0.4, -0.2) is 39.8 Å². The molecule has 1 aliphatic heterocycles. The van der Waals surface area contributed by atoms with Gasteiger partial charge in [-0.05, 0) is 40.9 Å². The molecule has 0 aromatic carbocycles. The first-order valence-electron chi connectivity index (χ1n) is 8.02. The standard InChI is InChI=1S/C16H17BrF3N5O/c1-24-13(2-5-22-24)15(26)23-11-3-6-25(7-4-11)14-12(16(18,19)20)8-10(17)9-21-14/h2,5,8-9,11H,3-4,6-7H2,1H3,(H,23,26). The fourth-order valence-electron chi connectivity index (χ4n) is 2.98. The number of hydrogen-bond acceptors (Lipinski definition) is 4. The van der Waals surface area contributed by atoms with Crippen molar-refractivity contribution in [2.45, 2.75) is 25.1 Å². The Kier molecular flexibility index (Phi) is 5.22. The van der Waals surface area contributed by atoms with E-state index in [9.17, 15) is 18.0 Å². The van der Waals surface area contributed by atoms with Crippen LogP contribution in [0.3, 0.4) is 0 Å². The number of rotatable bonds is 3. The molecule has 0 spiro atoms. The minimum absolute atomic E-state index is 0.0721. The minimum atomic E-state index is -4.48. The van der Waals surface area contributed by atoms with E-state index < -0.39 is 11.7 Å². The number of pyridine rings is 1. The minimum Gasteiger partial charge on any atom is -0.356 e. The third kappa shape index (κ3) is 4.00. The van der Waals surface area contributed by atoms with E-state index >= 15 is 0 Å². The third-order valence-corrected chi connectivity index (χ3v) is 4.76. The molecule has 2 aromatic rings. The molecule has 0 atom stereocenters. The van der Waals surface area contributed by atoms with Crippen LogP contribution < -0.4 is 10.2 Å². The summed E-state index contributed by atoms with van der Waals surface area (Å²) in [5, 5.41) is 6.86. The Balaban J connectivity index is 1.66. The lowest BCUT2D eigenvalue weighted by Gasteiger charge is -2.34. The molecule has 1 N–H and O–H groups in total. The van der Waals surface area contributed by atoms with E-state index in [0.717, 1.165) is 6.07 Å². The normalized spacial score (nSPS) is 16.0. The van der Waals surface area contributed by atoms with Crippen molar-refractivity contribution in [3.8, 4) is 0 Å². The number of aryl methyl sites for hydroxylation is 1. The number of halogens is 4. The Labute approximate surface area is 156 Å². The molecule has 140 valence electrons. The van der Waals surface area contributed by atoms with Crippen LogP contribution in [0.5, 0.6) is 0 Å². The van der Waals surface area contributed by atoms with Crippen LogP contribution in [0.4, 0.5) is 19.0 Å². The van der Waals surface area contributed by atoms with Crippen molar-refractivity contribution in [3.63, 3.8) is 0 Å². The van der Waals surface area contributed by atoms with Gasteiger partial charge in [0.1, 0.15) is 11.5 Å². The van der Waals surface area contributed by atoms with Crippen LogP contribution in [-0.2, 0) is 13.2 Å². The molecule has 0 unspecified atom stereocenters. The second-order valence-corrected chi connectivity index (χ2v) is 7.01. The number of amides is 1. The molecule has 6 nitrogen and oxygen atoms in total. The van der Waals surface area contributed by atoms with Crippen molar-refractivity contribution >= 4 is 27.7 Å². The molecule has 0 bridgehead atoms. The molecule has 0 saturated carbocycles. The predicted molar refractivity (Wildman–Crippen MR) is 92.8 cm³/mol. The van der Waals surface area contributed by atoms with Crippen LogP contribution in [0.25, 0.3) is 0 Å². The van der Waals surface area contributed by atoms with Gasteiger partial charge < -0.3 is 10.2 Å². The number of carbonyl (C=O) groups excluding carboxylic acids is 1. The zero-order valence-corrected chi connectivity index (χ0v) is 15.5. The van der Waals surface area contributed by atoms with Gasteiger partial charge in [0.05, 0.1) is 5.56 Å². The molecule has 3 rings (SSSR count). The van der Waals surface area contributed by atoms with Gasteiger partial charge in [0.15, 0.2) is 0 Å². The molecule has 1 aliphatic rings. The van der Waals surface area contributed by atoms with Gasteiger partial charge in [0, 0.05) is 43.0 Å². The van der Waals surface area contributed by atoms with Crippen LogP contribution in [0, 0.1) is 0 Å². The average Bonchev–Trinajstić information content (AvgIpc) is 3.01. The van der Waals surface area contributed by atoms with E-state index in [2.05, 4.69) is 31.3 Å². The van der Waals surface area contributed by atoms with Gasteiger partial charge in [-0.3, -0.25) is 9.48 Å². The Morgan fingerprint density at radius 3 is 2.62 bits per heavy atom. The lowest BCUT2D eigenvalue weighted by Crippen LogP contribution is -2.45. The van der Waals surface area contributed by atoms with Crippen LogP contribution in [0.15, 0.2) is 29.0 Å². The topological polar surface area (TPSA) is 63.1 Å². The first-order chi connectivity index (χ1) is 12.3. The number of nitrogens with one attached hydrogen (secondary N) is 1. The summed E-state index contributed by atoms with van der Waals surface area (Å²) in [5.41, 5.74) is -0.314. The first-order valence-corrected chi connectivity index (χ1v) is 8.81. The molecule has 2 aromatic heterocycles. The zero-order chi connectivity index (χ0) is 18.9. The van der Waals surface area contributed by atoms with Gasteiger partial charge in [-0.15, -0.1) is 0 Å². The van der Waals surface area contributed by atoms with E-state index in [4.69, 9.17) is 0 Å². The summed E-state index contributed by atoms with van der Waals surface area (Å²) in [5.74, 6) is -0.307. The molecule has 1 fully saturated rings. The fraction of sp³-hybridized carbons (Fsp3) is 0.438. The molecule has 0 radical (unpaired) electrons. The van der Waals surface area contributed by atoms with Crippen molar-refractivity contribution in [1.82, 2.24) is 20.1 Å². The van der Waals surface area contributed by atoms with E-state index in [0.29, 0.717) is 31.6 Å². The van der Waals surface area contributed by atoms with Gasteiger partial charge in [-0.1, -0.05) is 0 Å². The highest BCUT2D eigenvalue weighted by Gasteiger charge is 2.37. The summed E-state index contributed by atoms with van der Waals surface area (Å²) in [6, 6.07) is 2.56. The van der Waals surface area contributed by atoms with Gasteiger partial charge in [0.2, 0.25) is 0 Å². The van der Waals surface area contributed by atoms with E-state index in [1.165, 1.54) is 17.1 Å². The Morgan fingerprint density at radius 1 is 1.35 bits per heavy atom. The van der Waals surface area contributed by atoms with Crippen LogP contribution >= 0.6 is 15.9 Å². The average molecular weight is 432 g/mol. The smallest absolute Gasteiger partial charge is 0.356 e. The van der Waals surface area contributed by atoms with Gasteiger partial charge >= 0.3 is 6.18 Å². The summed E-state index contributed by atoms with van der Waals surface area (Å²) in [6.45, 7) is 0.766. The van der Waals surface area contributed by atoms with Gasteiger partial charge in [-0.2, -0.15) is 18.3 Å². The third-order valence-electron chi connectivity index (χ3n) is 4.32. The van der Waals surface area contributed by atoms with E-state index in [1.54, 1.807) is 18.0 Å². The number of aromatic nitrogens is 3. The van der Waals surface area contributed by atoms with E-state index in [-0.39, 0.29) is 22.2 Å². The number of hydrogen-bond donors (Lipinski definition) is 1. The van der Waals surface area contributed by atoms with Gasteiger partial charge in [0.25, 0.3) is 5.91 Å². The Bertz CT molecular complexity index is 799. The van der Waals surface area contributed by atoms with Crippen LogP contribution in [0.2, 0.25) is 0 Å². The Morgan fingerprint density at radius 2 is 2.04 bits per heavy atom. The molecule has 3 heterocycles. The Hall–Kier alpha value is -2.10. The van der Waals surface area contributed by atoms with Crippen molar-refractivity contribution in [3.05, 3.63) is 40.3 Å². The molecule has 26 heavy (non-hydrogen) atoms. The maximum Gasteiger partial charge on any atom is 0.419 e. The second-order valence-electron chi connectivity index (χ2n) is 6.10. The second kappa shape index (κ2) is 7.26. The van der Waals surface area contributed by atoms with Crippen molar-refractivity contribution in [1.29, 1.82) is 0 Å². The lowest BCUT2D eigenvalue weighted by molar-refractivity contribution is -0.137. The zero-order valence-electron chi connectivity index (χ0n) is 13.9. The highest BCUT2D eigenvalue weighted by Crippen LogP contribution is 2.37. The lowest BCUT2D eigenvalue weighted by atomic mass is 10.0. The maximum atomic E-state index is 13.3. The quantitative estimate of drug-likeness (QED) is 0.811.